The zero-order valence-corrected chi connectivity index (χ0v) is 14.5. The van der Waals surface area contributed by atoms with Gasteiger partial charge in [0.15, 0.2) is 0 Å². The summed E-state index contributed by atoms with van der Waals surface area (Å²) in [6, 6.07) is 25.6. The second-order valence-corrected chi connectivity index (χ2v) is 6.04. The summed E-state index contributed by atoms with van der Waals surface area (Å²) in [6.07, 6.45) is 1.93. The normalized spacial score (nSPS) is 11.2. The van der Waals surface area contributed by atoms with Gasteiger partial charge in [-0.3, -0.25) is 4.79 Å². The fourth-order valence-corrected chi connectivity index (χ4v) is 2.69. The monoisotopic (exact) mass is 327 g/mol. The number of anilines is 1. The molecule has 3 aromatic carbocycles. The van der Waals surface area contributed by atoms with Crippen molar-refractivity contribution in [2.45, 2.75) is 13.8 Å². The minimum Gasteiger partial charge on any atom is -0.322 e. The number of hydrogen-bond donors (Lipinski definition) is 1. The molecule has 0 fully saturated rings. The Kier molecular flexibility index (Phi) is 5.10. The molecular weight excluding hydrogens is 306 g/mol. The summed E-state index contributed by atoms with van der Waals surface area (Å²) in [6.45, 7) is 4.07. The first-order valence-electron chi connectivity index (χ1n) is 8.35. The number of benzene rings is 3. The summed E-state index contributed by atoms with van der Waals surface area (Å²) < 4.78 is 0. The molecular formula is C23H21NO. The minimum absolute atomic E-state index is 0.108. The van der Waals surface area contributed by atoms with Gasteiger partial charge in [0, 0.05) is 11.3 Å². The molecule has 1 amide bonds. The lowest BCUT2D eigenvalue weighted by molar-refractivity contribution is -0.111. The van der Waals surface area contributed by atoms with Crippen LogP contribution in [0.25, 0.3) is 11.6 Å². The van der Waals surface area contributed by atoms with Crippen LogP contribution in [-0.4, -0.2) is 5.91 Å². The fourth-order valence-electron chi connectivity index (χ4n) is 2.69. The Bertz CT molecular complexity index is 896. The van der Waals surface area contributed by atoms with Crippen LogP contribution in [-0.2, 0) is 4.79 Å². The quantitative estimate of drug-likeness (QED) is 0.499. The molecule has 124 valence electrons. The van der Waals surface area contributed by atoms with Crippen molar-refractivity contribution in [1.29, 1.82) is 0 Å². The number of nitrogens with one attached hydrogen (secondary N) is 1. The van der Waals surface area contributed by atoms with E-state index in [4.69, 9.17) is 0 Å². The second kappa shape index (κ2) is 7.63. The maximum absolute atomic E-state index is 13.0. The zero-order valence-electron chi connectivity index (χ0n) is 14.5. The lowest BCUT2D eigenvalue weighted by Crippen LogP contribution is -2.14. The predicted octanol–water partition coefficient (Wildman–Crippen LogP) is 5.48. The van der Waals surface area contributed by atoms with Crippen LogP contribution in [0, 0.1) is 13.8 Å². The summed E-state index contributed by atoms with van der Waals surface area (Å²) in [5.74, 6) is -0.108. The first-order valence-corrected chi connectivity index (χ1v) is 8.35. The lowest BCUT2D eigenvalue weighted by atomic mass is 10.0. The average molecular weight is 327 g/mol. The van der Waals surface area contributed by atoms with Crippen LogP contribution < -0.4 is 5.32 Å². The molecule has 0 aliphatic carbocycles. The molecule has 0 saturated carbocycles. The van der Waals surface area contributed by atoms with Crippen LogP contribution in [0.4, 0.5) is 5.69 Å². The third-order valence-electron chi connectivity index (χ3n) is 4.29. The summed E-state index contributed by atoms with van der Waals surface area (Å²) in [7, 11) is 0. The smallest absolute Gasteiger partial charge is 0.256 e. The van der Waals surface area contributed by atoms with Crippen LogP contribution in [0.15, 0.2) is 78.9 Å². The van der Waals surface area contributed by atoms with Crippen molar-refractivity contribution < 1.29 is 4.79 Å². The highest BCUT2D eigenvalue weighted by molar-refractivity contribution is 6.29. The molecule has 0 bridgehead atoms. The Labute approximate surface area is 148 Å². The maximum Gasteiger partial charge on any atom is 0.256 e. The van der Waals surface area contributed by atoms with Crippen molar-refractivity contribution in [3.05, 3.63) is 101 Å². The molecule has 0 radical (unpaired) electrons. The van der Waals surface area contributed by atoms with Gasteiger partial charge >= 0.3 is 0 Å². The molecule has 0 aliphatic rings. The molecule has 3 rings (SSSR count). The molecule has 0 unspecified atom stereocenters. The summed E-state index contributed by atoms with van der Waals surface area (Å²) in [4.78, 5) is 13.0. The molecule has 0 heterocycles. The molecule has 0 aliphatic heterocycles. The van der Waals surface area contributed by atoms with Gasteiger partial charge in [-0.1, -0.05) is 72.8 Å². The third-order valence-corrected chi connectivity index (χ3v) is 4.29. The molecule has 25 heavy (non-hydrogen) atoms. The van der Waals surface area contributed by atoms with Gasteiger partial charge in [-0.05, 0) is 48.2 Å². The Morgan fingerprint density at radius 1 is 0.800 bits per heavy atom. The van der Waals surface area contributed by atoms with Gasteiger partial charge in [0.05, 0.1) is 0 Å². The molecule has 1 N–H and O–H groups in total. The highest BCUT2D eigenvalue weighted by Gasteiger charge is 2.13. The number of aryl methyl sites for hydroxylation is 1. The largest absolute Gasteiger partial charge is 0.322 e. The van der Waals surface area contributed by atoms with E-state index in [0.29, 0.717) is 5.57 Å². The molecule has 2 heteroatoms. The molecule has 2 nitrogen and oxygen atoms in total. The number of rotatable bonds is 4. The minimum atomic E-state index is -0.108. The maximum atomic E-state index is 13.0. The van der Waals surface area contributed by atoms with Crippen molar-refractivity contribution in [3.8, 4) is 0 Å². The van der Waals surface area contributed by atoms with Gasteiger partial charge in [-0.15, -0.1) is 0 Å². The first kappa shape index (κ1) is 16.7. The van der Waals surface area contributed by atoms with Crippen LogP contribution in [0.5, 0.6) is 0 Å². The van der Waals surface area contributed by atoms with E-state index in [1.807, 2.05) is 98.8 Å². The van der Waals surface area contributed by atoms with Crippen molar-refractivity contribution in [1.82, 2.24) is 0 Å². The van der Waals surface area contributed by atoms with Crippen molar-refractivity contribution in [2.75, 3.05) is 5.32 Å². The van der Waals surface area contributed by atoms with E-state index >= 15 is 0 Å². The number of carbonyl (C=O) groups excluding carboxylic acids is 1. The van der Waals surface area contributed by atoms with Gasteiger partial charge in [0.25, 0.3) is 5.91 Å². The van der Waals surface area contributed by atoms with Gasteiger partial charge in [0.2, 0.25) is 0 Å². The highest BCUT2D eigenvalue weighted by atomic mass is 16.1. The van der Waals surface area contributed by atoms with E-state index in [9.17, 15) is 4.79 Å². The van der Waals surface area contributed by atoms with Crippen LogP contribution >= 0.6 is 0 Å². The van der Waals surface area contributed by atoms with Crippen molar-refractivity contribution >= 4 is 23.2 Å². The zero-order chi connectivity index (χ0) is 17.6. The van der Waals surface area contributed by atoms with E-state index in [2.05, 4.69) is 5.32 Å². The molecule has 0 aromatic heterocycles. The Morgan fingerprint density at radius 3 is 2.12 bits per heavy atom. The fraction of sp³-hybridized carbons (Fsp3) is 0.0870. The standard InChI is InChI=1S/C23H21NO/c1-17-10-9-15-22(18(17)2)24-23(25)21(20-13-7-4-8-14-20)16-19-11-5-3-6-12-19/h3-16H,1-2H3,(H,24,25). The van der Waals surface area contributed by atoms with Gasteiger partial charge < -0.3 is 5.32 Å². The number of amides is 1. The van der Waals surface area contributed by atoms with Crippen LogP contribution in [0.1, 0.15) is 22.3 Å². The summed E-state index contributed by atoms with van der Waals surface area (Å²) >= 11 is 0. The van der Waals surface area contributed by atoms with Gasteiger partial charge in [-0.25, -0.2) is 0 Å². The predicted molar refractivity (Wildman–Crippen MR) is 105 cm³/mol. The topological polar surface area (TPSA) is 29.1 Å². The Balaban J connectivity index is 1.98. The number of hydrogen-bond acceptors (Lipinski definition) is 1. The van der Waals surface area contributed by atoms with Crippen molar-refractivity contribution in [2.24, 2.45) is 0 Å². The van der Waals surface area contributed by atoms with E-state index in [-0.39, 0.29) is 5.91 Å². The summed E-state index contributed by atoms with van der Waals surface area (Å²) in [5, 5.41) is 3.06. The van der Waals surface area contributed by atoms with Gasteiger partial charge in [-0.2, -0.15) is 0 Å². The second-order valence-electron chi connectivity index (χ2n) is 6.04. The van der Waals surface area contributed by atoms with Crippen molar-refractivity contribution in [3.63, 3.8) is 0 Å². The molecule has 0 saturated heterocycles. The average Bonchev–Trinajstić information content (AvgIpc) is 2.65. The lowest BCUT2D eigenvalue weighted by Gasteiger charge is -2.13. The first-order chi connectivity index (χ1) is 12.1. The Morgan fingerprint density at radius 2 is 1.44 bits per heavy atom. The molecule has 0 atom stereocenters. The van der Waals surface area contributed by atoms with Gasteiger partial charge in [0.1, 0.15) is 0 Å². The summed E-state index contributed by atoms with van der Waals surface area (Å²) in [5.41, 5.74) is 5.63. The number of carbonyl (C=O) groups is 1. The molecule has 3 aromatic rings. The third kappa shape index (κ3) is 4.04. The van der Waals surface area contributed by atoms with Crippen LogP contribution in [0.2, 0.25) is 0 Å². The molecule has 0 spiro atoms. The highest BCUT2D eigenvalue weighted by Crippen LogP contribution is 2.23. The van der Waals surface area contributed by atoms with E-state index in [1.54, 1.807) is 0 Å². The van der Waals surface area contributed by atoms with Crippen LogP contribution in [0.3, 0.4) is 0 Å². The SMILES string of the molecule is Cc1cccc(NC(=O)C(=Cc2ccccc2)c2ccccc2)c1C. The van der Waals surface area contributed by atoms with E-state index in [0.717, 1.165) is 27.9 Å². The Hall–Kier alpha value is -3.13. The van der Waals surface area contributed by atoms with E-state index < -0.39 is 0 Å². The van der Waals surface area contributed by atoms with E-state index in [1.165, 1.54) is 0 Å².